The van der Waals surface area contributed by atoms with Crippen LogP contribution in [0.2, 0.25) is 0 Å². The van der Waals surface area contributed by atoms with Gasteiger partial charge in [0.25, 0.3) is 0 Å². The van der Waals surface area contributed by atoms with E-state index in [9.17, 15) is 4.79 Å². The average Bonchev–Trinajstić information content (AvgIpc) is 3.06. The number of amides is 1. The van der Waals surface area contributed by atoms with E-state index in [1.807, 2.05) is 53.1 Å². The molecule has 6 heteroatoms. The molecule has 0 bridgehead atoms. The molecule has 1 fully saturated rings. The van der Waals surface area contributed by atoms with Gasteiger partial charge in [-0.05, 0) is 44.1 Å². The summed E-state index contributed by atoms with van der Waals surface area (Å²) in [5.74, 6) is 0.0135. The van der Waals surface area contributed by atoms with Crippen molar-refractivity contribution in [1.29, 1.82) is 0 Å². The van der Waals surface area contributed by atoms with Gasteiger partial charge in [0.05, 0.1) is 16.6 Å². The molecule has 1 aliphatic rings. The van der Waals surface area contributed by atoms with Gasteiger partial charge in [0, 0.05) is 18.5 Å². The molecule has 1 saturated heterocycles. The number of para-hydroxylation sites is 3. The number of carbonyl (C=O) groups excluding carboxylic acids is 1. The molecule has 0 radical (unpaired) electrons. The van der Waals surface area contributed by atoms with E-state index in [0.29, 0.717) is 6.54 Å². The maximum Gasteiger partial charge on any atom is 0.240 e. The normalized spacial score (nSPS) is 15.3. The van der Waals surface area contributed by atoms with Crippen LogP contribution >= 0.6 is 0 Å². The number of carbonyl (C=O) groups is 1. The molecule has 1 amide bonds. The van der Waals surface area contributed by atoms with Gasteiger partial charge < -0.3 is 14.8 Å². The summed E-state index contributed by atoms with van der Waals surface area (Å²) in [7, 11) is 0. The monoisotopic (exact) mass is 387 g/mol. The van der Waals surface area contributed by atoms with Gasteiger partial charge in [-0.25, -0.2) is 9.97 Å². The summed E-state index contributed by atoms with van der Waals surface area (Å²) in [6, 6.07) is 15.9. The first-order valence-electron chi connectivity index (χ1n) is 10.4. The highest BCUT2D eigenvalue weighted by Crippen LogP contribution is 2.27. The van der Waals surface area contributed by atoms with Crippen molar-refractivity contribution >= 4 is 39.0 Å². The van der Waals surface area contributed by atoms with Crippen LogP contribution in [0.1, 0.15) is 19.3 Å². The number of benzene rings is 2. The molecule has 0 aliphatic carbocycles. The maximum atomic E-state index is 12.7. The first-order valence-corrected chi connectivity index (χ1v) is 10.4. The van der Waals surface area contributed by atoms with Crippen LogP contribution in [0.4, 0.5) is 0 Å². The topological polar surface area (TPSA) is 63.1 Å². The molecule has 0 unspecified atom stereocenters. The van der Waals surface area contributed by atoms with Crippen LogP contribution < -0.4 is 5.32 Å². The Morgan fingerprint density at radius 3 is 2.48 bits per heavy atom. The number of nitrogens with one attached hydrogen (secondary N) is 1. The number of nitrogens with zero attached hydrogens (tertiary/aromatic N) is 4. The van der Waals surface area contributed by atoms with E-state index in [-0.39, 0.29) is 12.5 Å². The number of fused-ring (bicyclic) bond motifs is 4. The van der Waals surface area contributed by atoms with Crippen LogP contribution in [0.5, 0.6) is 0 Å². The lowest BCUT2D eigenvalue weighted by atomic mass is 10.1. The Hall–Kier alpha value is -2.99. The second-order valence-electron chi connectivity index (χ2n) is 7.74. The van der Waals surface area contributed by atoms with Crippen molar-refractivity contribution in [2.75, 3.05) is 26.2 Å². The highest BCUT2D eigenvalue weighted by Gasteiger charge is 2.16. The molecule has 148 valence electrons. The fourth-order valence-electron chi connectivity index (χ4n) is 4.28. The van der Waals surface area contributed by atoms with E-state index in [4.69, 9.17) is 9.97 Å². The first-order chi connectivity index (χ1) is 14.3. The van der Waals surface area contributed by atoms with Gasteiger partial charge >= 0.3 is 0 Å². The van der Waals surface area contributed by atoms with Crippen LogP contribution in [0, 0.1) is 0 Å². The number of hydrogen-bond donors (Lipinski definition) is 1. The standard InChI is InChI=1S/C23H25N5O/c29-21(24-12-15-27-13-6-1-7-14-27)16-28-20-11-5-2-8-17(20)22-23(28)26-19-10-4-3-9-18(19)25-22/h2-5,8-11H,1,6-7,12-16H2,(H,24,29). The molecule has 4 aromatic rings. The number of aromatic nitrogens is 3. The molecule has 3 heterocycles. The fourth-order valence-corrected chi connectivity index (χ4v) is 4.28. The molecule has 6 nitrogen and oxygen atoms in total. The fraction of sp³-hybridized carbons (Fsp3) is 0.348. The molecular formula is C23H25N5O. The molecule has 0 spiro atoms. The van der Waals surface area contributed by atoms with Crippen molar-refractivity contribution < 1.29 is 4.79 Å². The van der Waals surface area contributed by atoms with E-state index < -0.39 is 0 Å². The van der Waals surface area contributed by atoms with E-state index in [0.717, 1.165) is 52.7 Å². The van der Waals surface area contributed by atoms with Gasteiger partial charge in [0.2, 0.25) is 5.91 Å². The summed E-state index contributed by atoms with van der Waals surface area (Å²) >= 11 is 0. The zero-order valence-electron chi connectivity index (χ0n) is 16.5. The largest absolute Gasteiger partial charge is 0.353 e. The van der Waals surface area contributed by atoms with Crippen molar-refractivity contribution in [3.63, 3.8) is 0 Å². The smallest absolute Gasteiger partial charge is 0.240 e. The quantitative estimate of drug-likeness (QED) is 0.570. The summed E-state index contributed by atoms with van der Waals surface area (Å²) in [5.41, 5.74) is 4.31. The Morgan fingerprint density at radius 1 is 0.931 bits per heavy atom. The molecule has 0 atom stereocenters. The summed E-state index contributed by atoms with van der Waals surface area (Å²) < 4.78 is 1.99. The summed E-state index contributed by atoms with van der Waals surface area (Å²) in [4.78, 5) is 24.8. The van der Waals surface area contributed by atoms with Gasteiger partial charge in [0.1, 0.15) is 12.1 Å². The molecule has 2 aromatic carbocycles. The molecule has 1 N–H and O–H groups in total. The van der Waals surface area contributed by atoms with Gasteiger partial charge in [0.15, 0.2) is 5.65 Å². The first kappa shape index (κ1) is 18.1. The van der Waals surface area contributed by atoms with Crippen LogP contribution in [0.25, 0.3) is 33.1 Å². The van der Waals surface area contributed by atoms with Gasteiger partial charge in [-0.1, -0.05) is 36.8 Å². The lowest BCUT2D eigenvalue weighted by Crippen LogP contribution is -2.38. The Morgan fingerprint density at radius 2 is 1.66 bits per heavy atom. The predicted octanol–water partition coefficient (Wildman–Crippen LogP) is 3.34. The minimum absolute atomic E-state index is 0.0135. The van der Waals surface area contributed by atoms with Gasteiger partial charge in [-0.2, -0.15) is 0 Å². The highest BCUT2D eigenvalue weighted by atomic mass is 16.1. The molecule has 2 aromatic heterocycles. The van der Waals surface area contributed by atoms with Crippen molar-refractivity contribution in [3.8, 4) is 0 Å². The Labute approximate surface area is 169 Å². The third kappa shape index (κ3) is 3.56. The Balaban J connectivity index is 1.42. The number of rotatable bonds is 5. The summed E-state index contributed by atoms with van der Waals surface area (Å²) in [6.07, 6.45) is 3.86. The van der Waals surface area contributed by atoms with Gasteiger partial charge in [-0.3, -0.25) is 4.79 Å². The van der Waals surface area contributed by atoms with Crippen LogP contribution in [0.3, 0.4) is 0 Å². The average molecular weight is 387 g/mol. The Kier molecular flexibility index (Phi) is 4.86. The van der Waals surface area contributed by atoms with E-state index in [2.05, 4.69) is 10.2 Å². The lowest BCUT2D eigenvalue weighted by Gasteiger charge is -2.26. The van der Waals surface area contributed by atoms with E-state index >= 15 is 0 Å². The minimum atomic E-state index is 0.0135. The second kappa shape index (κ2) is 7.79. The molecular weight excluding hydrogens is 362 g/mol. The molecule has 29 heavy (non-hydrogen) atoms. The van der Waals surface area contributed by atoms with Crippen molar-refractivity contribution in [1.82, 2.24) is 24.8 Å². The Bertz CT molecular complexity index is 1180. The van der Waals surface area contributed by atoms with Crippen LogP contribution in [-0.4, -0.2) is 51.5 Å². The minimum Gasteiger partial charge on any atom is -0.353 e. The SMILES string of the molecule is O=C(Cn1c2ccccc2c2nc3ccccc3nc21)NCCN1CCCCC1. The molecule has 5 rings (SSSR count). The lowest BCUT2D eigenvalue weighted by molar-refractivity contribution is -0.121. The number of hydrogen-bond acceptors (Lipinski definition) is 4. The van der Waals surface area contributed by atoms with Crippen molar-refractivity contribution in [2.24, 2.45) is 0 Å². The third-order valence-corrected chi connectivity index (χ3v) is 5.76. The summed E-state index contributed by atoms with van der Waals surface area (Å²) in [5, 5.41) is 4.11. The molecule has 1 aliphatic heterocycles. The predicted molar refractivity (Wildman–Crippen MR) is 116 cm³/mol. The second-order valence-corrected chi connectivity index (χ2v) is 7.74. The summed E-state index contributed by atoms with van der Waals surface area (Å²) in [6.45, 7) is 4.14. The number of likely N-dealkylation sites (tertiary alicyclic amines) is 1. The van der Waals surface area contributed by atoms with Crippen LogP contribution in [0.15, 0.2) is 48.5 Å². The van der Waals surface area contributed by atoms with Gasteiger partial charge in [-0.15, -0.1) is 0 Å². The third-order valence-electron chi connectivity index (χ3n) is 5.76. The zero-order valence-corrected chi connectivity index (χ0v) is 16.5. The van der Waals surface area contributed by atoms with Crippen LogP contribution in [-0.2, 0) is 11.3 Å². The zero-order chi connectivity index (χ0) is 19.6. The highest BCUT2D eigenvalue weighted by molar-refractivity contribution is 6.07. The van der Waals surface area contributed by atoms with Crippen molar-refractivity contribution in [2.45, 2.75) is 25.8 Å². The van der Waals surface area contributed by atoms with E-state index in [1.165, 1.54) is 19.3 Å². The number of piperidine rings is 1. The van der Waals surface area contributed by atoms with Crippen molar-refractivity contribution in [3.05, 3.63) is 48.5 Å². The van der Waals surface area contributed by atoms with E-state index in [1.54, 1.807) is 0 Å². The maximum absolute atomic E-state index is 12.7. The molecule has 0 saturated carbocycles.